The first-order valence-corrected chi connectivity index (χ1v) is 8.82. The van der Waals surface area contributed by atoms with Crippen LogP contribution in [0.25, 0.3) is 10.2 Å². The van der Waals surface area contributed by atoms with E-state index in [-0.39, 0.29) is 18.3 Å². The van der Waals surface area contributed by atoms with Gasteiger partial charge in [-0.15, -0.1) is 0 Å². The molecule has 0 radical (unpaired) electrons. The number of hydrogen-bond donors (Lipinski definition) is 0. The minimum Gasteiger partial charge on any atom is -0.497 e. The van der Waals surface area contributed by atoms with Crippen molar-refractivity contribution in [2.24, 2.45) is 4.99 Å². The fourth-order valence-electron chi connectivity index (χ4n) is 2.53. The van der Waals surface area contributed by atoms with Gasteiger partial charge < -0.3 is 14.0 Å². The molecule has 0 saturated heterocycles. The second kappa shape index (κ2) is 7.97. The first-order chi connectivity index (χ1) is 12.6. The predicted octanol–water partition coefficient (Wildman–Crippen LogP) is 3.02. The topological polar surface area (TPSA) is 69.9 Å². The Balaban J connectivity index is 2.03. The third-order valence-electron chi connectivity index (χ3n) is 3.87. The van der Waals surface area contributed by atoms with Crippen LogP contribution in [0.15, 0.2) is 53.5 Å². The molecule has 0 bridgehead atoms. The molecule has 1 aromatic heterocycles. The summed E-state index contributed by atoms with van der Waals surface area (Å²) in [6, 6.07) is 14.6. The number of methoxy groups -OCH3 is 2. The van der Waals surface area contributed by atoms with Crippen LogP contribution < -0.4 is 9.54 Å². The van der Waals surface area contributed by atoms with E-state index in [1.54, 1.807) is 31.4 Å². The van der Waals surface area contributed by atoms with E-state index in [2.05, 4.69) is 4.99 Å². The number of rotatable bonds is 5. The molecule has 2 aromatic carbocycles. The smallest absolute Gasteiger partial charge is 0.307 e. The Morgan fingerprint density at radius 3 is 2.69 bits per heavy atom. The summed E-state index contributed by atoms with van der Waals surface area (Å²) in [5.41, 5.74) is 1.37. The van der Waals surface area contributed by atoms with Crippen LogP contribution in [0.3, 0.4) is 0 Å². The van der Waals surface area contributed by atoms with Crippen molar-refractivity contribution < 1.29 is 19.1 Å². The van der Waals surface area contributed by atoms with Crippen molar-refractivity contribution in [2.75, 3.05) is 14.2 Å². The van der Waals surface area contributed by atoms with E-state index in [4.69, 9.17) is 9.47 Å². The lowest BCUT2D eigenvalue weighted by Gasteiger charge is -2.04. The molecule has 0 atom stereocenters. The van der Waals surface area contributed by atoms with Crippen LogP contribution in [0.2, 0.25) is 0 Å². The molecule has 0 N–H and O–H groups in total. The SMILES string of the molecule is COC(=O)CCn1c(=NC(=O)c2cccc(OC)c2)sc2ccccc21. The van der Waals surface area contributed by atoms with Gasteiger partial charge in [-0.3, -0.25) is 9.59 Å². The quantitative estimate of drug-likeness (QED) is 0.648. The Hall–Kier alpha value is -2.93. The highest BCUT2D eigenvalue weighted by molar-refractivity contribution is 7.16. The highest BCUT2D eigenvalue weighted by atomic mass is 32.1. The number of carbonyl (C=O) groups is 2. The minimum absolute atomic E-state index is 0.206. The van der Waals surface area contributed by atoms with Crippen molar-refractivity contribution in [3.63, 3.8) is 0 Å². The fourth-order valence-corrected chi connectivity index (χ4v) is 3.59. The largest absolute Gasteiger partial charge is 0.497 e. The molecule has 0 saturated carbocycles. The normalized spacial score (nSPS) is 11.5. The lowest BCUT2D eigenvalue weighted by molar-refractivity contribution is -0.140. The second-order valence-corrected chi connectivity index (χ2v) is 6.49. The summed E-state index contributed by atoms with van der Waals surface area (Å²) < 4.78 is 12.7. The number of amides is 1. The molecule has 3 rings (SSSR count). The molecule has 134 valence electrons. The monoisotopic (exact) mass is 370 g/mol. The van der Waals surface area contributed by atoms with Gasteiger partial charge in [0.05, 0.1) is 30.9 Å². The van der Waals surface area contributed by atoms with Crippen molar-refractivity contribution in [2.45, 2.75) is 13.0 Å². The number of fused-ring (bicyclic) bond motifs is 1. The zero-order valence-electron chi connectivity index (χ0n) is 14.5. The summed E-state index contributed by atoms with van der Waals surface area (Å²) in [6.45, 7) is 0.390. The first kappa shape index (κ1) is 17.9. The maximum Gasteiger partial charge on any atom is 0.307 e. The number of esters is 1. The molecule has 7 heteroatoms. The number of nitrogens with zero attached hydrogens (tertiary/aromatic N) is 2. The van der Waals surface area contributed by atoms with Crippen LogP contribution >= 0.6 is 11.3 Å². The lowest BCUT2D eigenvalue weighted by Crippen LogP contribution is -2.19. The highest BCUT2D eigenvalue weighted by Crippen LogP contribution is 2.18. The summed E-state index contributed by atoms with van der Waals surface area (Å²) in [6.07, 6.45) is 0.206. The van der Waals surface area contributed by atoms with Gasteiger partial charge in [-0.25, -0.2) is 0 Å². The number of ether oxygens (including phenoxy) is 2. The molecular weight excluding hydrogens is 352 g/mol. The Morgan fingerprint density at radius 2 is 1.92 bits per heavy atom. The van der Waals surface area contributed by atoms with Crippen LogP contribution in [0.5, 0.6) is 5.75 Å². The van der Waals surface area contributed by atoms with E-state index in [9.17, 15) is 9.59 Å². The molecular formula is C19H18N2O4S. The Morgan fingerprint density at radius 1 is 1.12 bits per heavy atom. The van der Waals surface area contributed by atoms with Crippen LogP contribution in [0.4, 0.5) is 0 Å². The number of aromatic nitrogens is 1. The van der Waals surface area contributed by atoms with E-state index in [0.717, 1.165) is 10.2 Å². The molecule has 0 spiro atoms. The van der Waals surface area contributed by atoms with Crippen molar-refractivity contribution in [1.29, 1.82) is 0 Å². The van der Waals surface area contributed by atoms with Gasteiger partial charge in [0.15, 0.2) is 4.80 Å². The first-order valence-electron chi connectivity index (χ1n) is 8.00. The van der Waals surface area contributed by atoms with Crippen LogP contribution in [-0.2, 0) is 16.1 Å². The van der Waals surface area contributed by atoms with Gasteiger partial charge in [0, 0.05) is 12.1 Å². The fraction of sp³-hybridized carbons (Fsp3) is 0.211. The summed E-state index contributed by atoms with van der Waals surface area (Å²) in [5.74, 6) is -0.0684. The molecule has 0 fully saturated rings. The van der Waals surface area contributed by atoms with Gasteiger partial charge in [-0.1, -0.05) is 29.5 Å². The Bertz CT molecular complexity index is 1020. The summed E-state index contributed by atoms with van der Waals surface area (Å²) in [5, 5.41) is 0. The van der Waals surface area contributed by atoms with Gasteiger partial charge in [0.2, 0.25) is 0 Å². The Kier molecular flexibility index (Phi) is 5.48. The summed E-state index contributed by atoms with van der Waals surface area (Å²) in [7, 11) is 2.91. The third kappa shape index (κ3) is 3.83. The molecule has 0 unspecified atom stereocenters. The van der Waals surface area contributed by atoms with E-state index in [1.807, 2.05) is 28.8 Å². The molecule has 1 amide bonds. The van der Waals surface area contributed by atoms with Gasteiger partial charge in [-0.2, -0.15) is 4.99 Å². The van der Waals surface area contributed by atoms with E-state index in [1.165, 1.54) is 18.4 Å². The zero-order chi connectivity index (χ0) is 18.5. The van der Waals surface area contributed by atoms with Gasteiger partial charge >= 0.3 is 5.97 Å². The molecule has 3 aromatic rings. The maximum absolute atomic E-state index is 12.6. The van der Waals surface area contributed by atoms with Crippen LogP contribution in [-0.4, -0.2) is 30.7 Å². The van der Waals surface area contributed by atoms with Gasteiger partial charge in [-0.05, 0) is 30.3 Å². The minimum atomic E-state index is -0.359. The Labute approximate surface area is 154 Å². The average molecular weight is 370 g/mol. The number of benzene rings is 2. The van der Waals surface area contributed by atoms with E-state index >= 15 is 0 Å². The number of thiazole rings is 1. The number of hydrogen-bond acceptors (Lipinski definition) is 5. The van der Waals surface area contributed by atoms with E-state index < -0.39 is 0 Å². The van der Waals surface area contributed by atoms with Crippen molar-refractivity contribution in [3.05, 3.63) is 58.9 Å². The highest BCUT2D eigenvalue weighted by Gasteiger charge is 2.11. The molecule has 0 aliphatic heterocycles. The lowest BCUT2D eigenvalue weighted by atomic mass is 10.2. The van der Waals surface area contributed by atoms with Crippen LogP contribution in [0.1, 0.15) is 16.8 Å². The maximum atomic E-state index is 12.6. The number of aryl methyl sites for hydroxylation is 1. The molecule has 0 aliphatic carbocycles. The number of carbonyl (C=O) groups excluding carboxylic acids is 2. The molecule has 0 aliphatic rings. The zero-order valence-corrected chi connectivity index (χ0v) is 15.3. The van der Waals surface area contributed by atoms with Gasteiger partial charge in [0.25, 0.3) is 5.91 Å². The number of para-hydroxylation sites is 1. The summed E-state index contributed by atoms with van der Waals surface area (Å²) >= 11 is 1.41. The van der Waals surface area contributed by atoms with E-state index in [0.29, 0.717) is 22.7 Å². The average Bonchev–Trinajstić information content (AvgIpc) is 3.03. The summed E-state index contributed by atoms with van der Waals surface area (Å²) in [4.78, 5) is 28.9. The molecule has 6 nitrogen and oxygen atoms in total. The van der Waals surface area contributed by atoms with Crippen molar-refractivity contribution in [3.8, 4) is 5.75 Å². The van der Waals surface area contributed by atoms with Crippen LogP contribution in [0, 0.1) is 0 Å². The van der Waals surface area contributed by atoms with Gasteiger partial charge in [0.1, 0.15) is 5.75 Å². The third-order valence-corrected chi connectivity index (χ3v) is 4.93. The van der Waals surface area contributed by atoms with Crippen molar-refractivity contribution >= 4 is 33.4 Å². The predicted molar refractivity (Wildman–Crippen MR) is 99.3 cm³/mol. The molecule has 26 heavy (non-hydrogen) atoms. The second-order valence-electron chi connectivity index (χ2n) is 5.48. The van der Waals surface area contributed by atoms with Crippen molar-refractivity contribution in [1.82, 2.24) is 4.57 Å². The standard InChI is InChI=1S/C19H18N2O4S/c1-24-14-7-5-6-13(12-14)18(23)20-19-21(11-10-17(22)25-2)15-8-3-4-9-16(15)26-19/h3-9,12H,10-11H2,1-2H3. The molecule has 1 heterocycles.